The first-order valence-electron chi connectivity index (χ1n) is 23.8. The van der Waals surface area contributed by atoms with E-state index in [0.29, 0.717) is 12.8 Å². The number of allylic oxidation sites excluding steroid dienone is 33. The molecular weight excluding hydrogens is 805 g/mol. The number of esters is 3. The van der Waals surface area contributed by atoms with E-state index in [-0.39, 0.29) is 38.4 Å². The van der Waals surface area contributed by atoms with Gasteiger partial charge in [-0.1, -0.05) is 240 Å². The maximum Gasteiger partial charge on any atom is 0.309 e. The van der Waals surface area contributed by atoms with Gasteiger partial charge in [-0.2, -0.15) is 0 Å². The Bertz CT molecular complexity index is 1720. The molecule has 352 valence electrons. The summed E-state index contributed by atoms with van der Waals surface area (Å²) in [5.41, 5.74) is 0. The molecule has 0 aliphatic heterocycles. The fraction of sp³-hybridized carbons (Fsp3) is 0.373. The third-order valence-corrected chi connectivity index (χ3v) is 8.69. The molecule has 1 atom stereocenters. The third-order valence-electron chi connectivity index (χ3n) is 8.69. The maximum absolute atomic E-state index is 12.8. The molecule has 0 aliphatic rings. The highest BCUT2D eigenvalue weighted by Gasteiger charge is 2.19. The van der Waals surface area contributed by atoms with Crippen LogP contribution in [0.4, 0.5) is 0 Å². The van der Waals surface area contributed by atoms with E-state index in [2.05, 4.69) is 69.4 Å². The van der Waals surface area contributed by atoms with Crippen molar-refractivity contribution in [2.75, 3.05) is 13.2 Å². The number of carbonyl (C=O) groups is 3. The van der Waals surface area contributed by atoms with E-state index in [1.165, 1.54) is 0 Å². The Morgan fingerprint density at radius 1 is 0.338 bits per heavy atom. The van der Waals surface area contributed by atoms with Gasteiger partial charge in [-0.3, -0.25) is 14.4 Å². The van der Waals surface area contributed by atoms with Crippen LogP contribution in [0.15, 0.2) is 207 Å². The molecular formula is C59H80O6. The number of ether oxygens (including phenoxy) is 3. The summed E-state index contributed by atoms with van der Waals surface area (Å²) in [5, 5.41) is 0. The predicted molar refractivity (Wildman–Crippen MR) is 278 cm³/mol. The molecule has 1 unspecified atom stereocenters. The van der Waals surface area contributed by atoms with Gasteiger partial charge in [0.2, 0.25) is 0 Å². The molecule has 0 saturated carbocycles. The lowest BCUT2D eigenvalue weighted by Gasteiger charge is -2.18. The van der Waals surface area contributed by atoms with E-state index in [0.717, 1.165) is 70.6 Å². The fourth-order valence-corrected chi connectivity index (χ4v) is 5.23. The number of hydrogen-bond donors (Lipinski definition) is 0. The summed E-state index contributed by atoms with van der Waals surface area (Å²) in [7, 11) is 0. The van der Waals surface area contributed by atoms with E-state index in [4.69, 9.17) is 14.2 Å². The Morgan fingerprint density at radius 2 is 0.677 bits per heavy atom. The van der Waals surface area contributed by atoms with Crippen molar-refractivity contribution in [3.63, 3.8) is 0 Å². The predicted octanol–water partition coefficient (Wildman–Crippen LogP) is 15.7. The lowest BCUT2D eigenvalue weighted by atomic mass is 10.1. The minimum absolute atomic E-state index is 0.102. The van der Waals surface area contributed by atoms with Crippen LogP contribution in [0.25, 0.3) is 0 Å². The minimum atomic E-state index is -0.870. The number of unbranched alkanes of at least 4 members (excludes halogenated alkanes) is 6. The largest absolute Gasteiger partial charge is 0.462 e. The molecule has 0 radical (unpaired) electrons. The molecule has 0 saturated heterocycles. The zero-order chi connectivity index (χ0) is 47.2. The van der Waals surface area contributed by atoms with Gasteiger partial charge in [-0.25, -0.2) is 0 Å². The highest BCUT2D eigenvalue weighted by Crippen LogP contribution is 2.09. The molecule has 0 amide bonds. The van der Waals surface area contributed by atoms with Crippen molar-refractivity contribution in [3.05, 3.63) is 207 Å². The van der Waals surface area contributed by atoms with Crippen LogP contribution in [0.3, 0.4) is 0 Å². The van der Waals surface area contributed by atoms with Gasteiger partial charge in [0, 0.05) is 12.8 Å². The van der Waals surface area contributed by atoms with Crippen LogP contribution in [0.5, 0.6) is 0 Å². The summed E-state index contributed by atoms with van der Waals surface area (Å²) in [6.07, 6.45) is 79.8. The van der Waals surface area contributed by atoms with Gasteiger partial charge in [0.15, 0.2) is 6.10 Å². The quantitative estimate of drug-likeness (QED) is 0.0202. The van der Waals surface area contributed by atoms with Gasteiger partial charge in [0.05, 0.1) is 6.42 Å². The van der Waals surface area contributed by atoms with Gasteiger partial charge < -0.3 is 14.2 Å². The number of hydrogen-bond acceptors (Lipinski definition) is 6. The smallest absolute Gasteiger partial charge is 0.309 e. The Labute approximate surface area is 394 Å². The number of carbonyl (C=O) groups excluding carboxylic acids is 3. The van der Waals surface area contributed by atoms with Crippen LogP contribution in [0.2, 0.25) is 0 Å². The molecule has 65 heavy (non-hydrogen) atoms. The molecule has 0 heterocycles. The van der Waals surface area contributed by atoms with E-state index >= 15 is 0 Å². The van der Waals surface area contributed by atoms with Crippen molar-refractivity contribution in [2.45, 2.75) is 130 Å². The van der Waals surface area contributed by atoms with Crippen molar-refractivity contribution < 1.29 is 28.6 Å². The van der Waals surface area contributed by atoms with Crippen LogP contribution in [0.1, 0.15) is 124 Å². The molecule has 0 rings (SSSR count). The van der Waals surface area contributed by atoms with Crippen LogP contribution < -0.4 is 0 Å². The second-order valence-electron chi connectivity index (χ2n) is 14.6. The molecule has 6 heteroatoms. The monoisotopic (exact) mass is 885 g/mol. The molecule has 0 aromatic heterocycles. The van der Waals surface area contributed by atoms with E-state index < -0.39 is 18.0 Å². The Morgan fingerprint density at radius 3 is 1.09 bits per heavy atom. The summed E-state index contributed by atoms with van der Waals surface area (Å²) in [5.74, 6) is -1.20. The Kier molecular flexibility index (Phi) is 46.0. The SMILES string of the molecule is CC\C=C/C=C\C=C/C=C\C=C\C=C/C=C\CCCCCC(=O)OCC(COC(=O)C/C=C\C/C=C\C/C=C\CC)OC(=O)CCCCC\C=C/C=C\C=C\C=C/C=C\C=C/C=C\CC. The first-order valence-corrected chi connectivity index (χ1v) is 23.8. The second-order valence-corrected chi connectivity index (χ2v) is 14.6. The highest BCUT2D eigenvalue weighted by atomic mass is 16.6. The standard InChI is InChI=1S/C59H80O6/c1-4-7-10-13-16-19-21-23-25-27-29-31-33-35-37-40-43-46-49-52-58(61)64-55-56(54-63-57(60)51-48-45-42-39-18-15-12-9-6-3)65-59(62)53-50-47-44-41-38-36-34-32-30-28-26-24-22-20-17-14-11-8-5-2/h7-14,16-39,45,48,56H,4-6,15,40-44,46-47,49-55H2,1-3H3/b10-7-,11-8-,12-9-,16-13-,17-14-,21-19-,22-20-,25-23-,26-24-,29-27+,30-28+,33-31-,34-32-,37-35-,38-36-,39-18-,48-45-. The fourth-order valence-electron chi connectivity index (χ4n) is 5.23. The van der Waals surface area contributed by atoms with Gasteiger partial charge in [0.25, 0.3) is 0 Å². The van der Waals surface area contributed by atoms with Gasteiger partial charge in [-0.05, 0) is 70.6 Å². The summed E-state index contributed by atoms with van der Waals surface area (Å²) in [6, 6.07) is 0. The van der Waals surface area contributed by atoms with E-state index in [9.17, 15) is 14.4 Å². The molecule has 0 N–H and O–H groups in total. The topological polar surface area (TPSA) is 78.9 Å². The van der Waals surface area contributed by atoms with Crippen molar-refractivity contribution in [1.29, 1.82) is 0 Å². The maximum atomic E-state index is 12.8. The first kappa shape index (κ1) is 59.0. The molecule has 0 aliphatic carbocycles. The Hall–Kier alpha value is -6.01. The molecule has 0 aromatic carbocycles. The molecule has 0 bridgehead atoms. The van der Waals surface area contributed by atoms with Crippen LogP contribution in [-0.2, 0) is 28.6 Å². The highest BCUT2D eigenvalue weighted by molar-refractivity contribution is 5.72. The molecule has 0 fully saturated rings. The summed E-state index contributed by atoms with van der Waals surface area (Å²) in [6.45, 7) is 5.99. The zero-order valence-electron chi connectivity index (χ0n) is 39.9. The van der Waals surface area contributed by atoms with Crippen LogP contribution in [0, 0.1) is 0 Å². The van der Waals surface area contributed by atoms with Crippen molar-refractivity contribution in [1.82, 2.24) is 0 Å². The molecule has 6 nitrogen and oxygen atoms in total. The van der Waals surface area contributed by atoms with Crippen LogP contribution in [-0.4, -0.2) is 37.2 Å². The van der Waals surface area contributed by atoms with Gasteiger partial charge >= 0.3 is 17.9 Å². The summed E-state index contributed by atoms with van der Waals surface area (Å²) >= 11 is 0. The van der Waals surface area contributed by atoms with E-state index in [1.54, 1.807) is 6.08 Å². The van der Waals surface area contributed by atoms with Gasteiger partial charge in [-0.15, -0.1) is 0 Å². The Balaban J connectivity index is 4.68. The molecule has 0 aromatic rings. The lowest BCUT2D eigenvalue weighted by Crippen LogP contribution is -2.30. The third kappa shape index (κ3) is 48.9. The number of rotatable bonds is 38. The average Bonchev–Trinajstić information content (AvgIpc) is 3.30. The summed E-state index contributed by atoms with van der Waals surface area (Å²) < 4.78 is 16.5. The molecule has 0 spiro atoms. The average molecular weight is 885 g/mol. The summed E-state index contributed by atoms with van der Waals surface area (Å²) in [4.78, 5) is 37.8. The first-order chi connectivity index (χ1) is 32.0. The van der Waals surface area contributed by atoms with Crippen LogP contribution >= 0.6 is 0 Å². The van der Waals surface area contributed by atoms with Crippen molar-refractivity contribution >= 4 is 17.9 Å². The second kappa shape index (κ2) is 50.6. The van der Waals surface area contributed by atoms with Crippen molar-refractivity contribution in [2.24, 2.45) is 0 Å². The van der Waals surface area contributed by atoms with Gasteiger partial charge in [0.1, 0.15) is 13.2 Å². The normalized spacial score (nSPS) is 14.0. The van der Waals surface area contributed by atoms with E-state index in [1.807, 2.05) is 152 Å². The van der Waals surface area contributed by atoms with Crippen molar-refractivity contribution in [3.8, 4) is 0 Å². The lowest BCUT2D eigenvalue weighted by molar-refractivity contribution is -0.166. The minimum Gasteiger partial charge on any atom is -0.462 e. The zero-order valence-corrected chi connectivity index (χ0v) is 39.9.